The first-order valence-electron chi connectivity index (χ1n) is 6.31. The number of nitrogens with zero attached hydrogens (tertiary/aromatic N) is 3. The van der Waals surface area contributed by atoms with E-state index < -0.39 is 5.97 Å². The molecule has 3 heterocycles. The Morgan fingerprint density at radius 1 is 1.48 bits per heavy atom. The molecule has 108 valence electrons. The maximum absolute atomic E-state index is 10.8. The van der Waals surface area contributed by atoms with E-state index in [2.05, 4.69) is 32.2 Å². The molecule has 3 aromatic heterocycles. The van der Waals surface area contributed by atoms with Crippen molar-refractivity contribution in [2.75, 3.05) is 5.75 Å². The van der Waals surface area contributed by atoms with E-state index >= 15 is 0 Å². The minimum atomic E-state index is -0.844. The van der Waals surface area contributed by atoms with E-state index in [-0.39, 0.29) is 5.75 Å². The first-order chi connectivity index (χ1) is 10.1. The largest absolute Gasteiger partial charge is 0.481 e. The summed E-state index contributed by atoms with van der Waals surface area (Å²) in [4.78, 5) is 19.4. The number of carboxylic acids is 1. The number of hydrogen-bond donors (Lipinski definition) is 1. The molecule has 5 nitrogen and oxygen atoms in total. The van der Waals surface area contributed by atoms with Gasteiger partial charge in [-0.05, 0) is 34.9 Å². The van der Waals surface area contributed by atoms with Crippen LogP contribution in [0.2, 0.25) is 0 Å². The van der Waals surface area contributed by atoms with Crippen LogP contribution in [0.25, 0.3) is 11.0 Å². The van der Waals surface area contributed by atoms with Crippen LogP contribution in [0.1, 0.15) is 11.1 Å². The summed E-state index contributed by atoms with van der Waals surface area (Å²) in [6, 6.07) is 1.91. The topological polar surface area (TPSA) is 68.0 Å². The van der Waals surface area contributed by atoms with E-state index in [1.54, 1.807) is 23.7 Å². The average Bonchev–Trinajstić information content (AvgIpc) is 3.02. The van der Waals surface area contributed by atoms with E-state index in [0.29, 0.717) is 11.7 Å². The van der Waals surface area contributed by atoms with Crippen LogP contribution in [0.4, 0.5) is 0 Å². The Morgan fingerprint density at radius 3 is 3.05 bits per heavy atom. The molecule has 0 radical (unpaired) electrons. The van der Waals surface area contributed by atoms with Crippen molar-refractivity contribution < 1.29 is 9.90 Å². The molecular formula is C14H13N3O2S2. The SMILES string of the molecule is Cc1cscc1Cn1c(SCC(=O)O)nc2cnccc21. The van der Waals surface area contributed by atoms with Crippen molar-refractivity contribution >= 4 is 40.1 Å². The lowest BCUT2D eigenvalue weighted by atomic mass is 10.2. The van der Waals surface area contributed by atoms with Crippen LogP contribution < -0.4 is 0 Å². The highest BCUT2D eigenvalue weighted by Gasteiger charge is 2.14. The van der Waals surface area contributed by atoms with E-state index in [4.69, 9.17) is 5.11 Å². The molecule has 0 amide bonds. The number of thiophene rings is 1. The summed E-state index contributed by atoms with van der Waals surface area (Å²) in [5.74, 6) is -0.845. The number of rotatable bonds is 5. The van der Waals surface area contributed by atoms with Gasteiger partial charge in [0.15, 0.2) is 5.16 Å². The monoisotopic (exact) mass is 319 g/mol. The Kier molecular flexibility index (Phi) is 3.94. The summed E-state index contributed by atoms with van der Waals surface area (Å²) >= 11 is 2.91. The van der Waals surface area contributed by atoms with Gasteiger partial charge in [-0.3, -0.25) is 9.78 Å². The highest BCUT2D eigenvalue weighted by Crippen LogP contribution is 2.26. The molecule has 0 spiro atoms. The molecule has 0 fully saturated rings. The highest BCUT2D eigenvalue weighted by molar-refractivity contribution is 7.99. The van der Waals surface area contributed by atoms with Gasteiger partial charge in [-0.15, -0.1) is 0 Å². The van der Waals surface area contributed by atoms with E-state index in [9.17, 15) is 4.79 Å². The van der Waals surface area contributed by atoms with Crippen molar-refractivity contribution in [2.24, 2.45) is 0 Å². The fraction of sp³-hybridized carbons (Fsp3) is 0.214. The van der Waals surface area contributed by atoms with Crippen LogP contribution in [0.15, 0.2) is 34.4 Å². The van der Waals surface area contributed by atoms with Crippen LogP contribution in [-0.4, -0.2) is 31.4 Å². The second-order valence-corrected chi connectivity index (χ2v) is 6.29. The number of imidazole rings is 1. The van der Waals surface area contributed by atoms with Crippen LogP contribution in [0, 0.1) is 6.92 Å². The van der Waals surface area contributed by atoms with Crippen molar-refractivity contribution in [1.29, 1.82) is 0 Å². The molecule has 0 unspecified atom stereocenters. The van der Waals surface area contributed by atoms with Crippen LogP contribution in [0.3, 0.4) is 0 Å². The summed E-state index contributed by atoms with van der Waals surface area (Å²) in [6.07, 6.45) is 3.43. The summed E-state index contributed by atoms with van der Waals surface area (Å²) in [5.41, 5.74) is 4.24. The van der Waals surface area contributed by atoms with Gasteiger partial charge in [-0.25, -0.2) is 4.98 Å². The lowest BCUT2D eigenvalue weighted by molar-refractivity contribution is -0.133. The third kappa shape index (κ3) is 2.93. The van der Waals surface area contributed by atoms with Gasteiger partial charge in [-0.1, -0.05) is 11.8 Å². The summed E-state index contributed by atoms with van der Waals surface area (Å²) in [7, 11) is 0. The molecule has 1 N–H and O–H groups in total. The maximum Gasteiger partial charge on any atom is 0.313 e. The van der Waals surface area contributed by atoms with Gasteiger partial charge < -0.3 is 9.67 Å². The average molecular weight is 319 g/mol. The number of aromatic nitrogens is 3. The Bertz CT molecular complexity index is 794. The first kappa shape index (κ1) is 14.1. The predicted molar refractivity (Wildman–Crippen MR) is 84.0 cm³/mol. The molecule has 0 aromatic carbocycles. The van der Waals surface area contributed by atoms with Gasteiger partial charge in [0.25, 0.3) is 0 Å². The smallest absolute Gasteiger partial charge is 0.313 e. The quantitative estimate of drug-likeness (QED) is 0.732. The van der Waals surface area contributed by atoms with Gasteiger partial charge in [0, 0.05) is 6.20 Å². The number of aryl methyl sites for hydroxylation is 1. The minimum absolute atomic E-state index is 0.000625. The zero-order valence-electron chi connectivity index (χ0n) is 11.3. The molecule has 7 heteroatoms. The maximum atomic E-state index is 10.8. The number of carboxylic acid groups (broad SMARTS) is 1. The minimum Gasteiger partial charge on any atom is -0.481 e. The lowest BCUT2D eigenvalue weighted by Gasteiger charge is -2.08. The molecule has 3 aromatic rings. The predicted octanol–water partition coefficient (Wildman–Crippen LogP) is 3.03. The molecule has 0 aliphatic heterocycles. The standard InChI is InChI=1S/C14H13N3O2S2/c1-9-6-20-7-10(9)5-17-12-2-3-15-4-11(12)16-14(17)21-8-13(18)19/h2-4,6-7H,5,8H2,1H3,(H,18,19). The number of pyridine rings is 1. The summed E-state index contributed by atoms with van der Waals surface area (Å²) in [5, 5.41) is 13.8. The third-order valence-electron chi connectivity index (χ3n) is 3.13. The third-order valence-corrected chi connectivity index (χ3v) is 5.00. The van der Waals surface area contributed by atoms with Crippen molar-refractivity contribution in [3.8, 4) is 0 Å². The first-order valence-corrected chi connectivity index (χ1v) is 8.24. The van der Waals surface area contributed by atoms with E-state index in [1.807, 2.05) is 6.07 Å². The van der Waals surface area contributed by atoms with Gasteiger partial charge in [0.05, 0.1) is 24.0 Å². The van der Waals surface area contributed by atoms with E-state index in [0.717, 1.165) is 11.0 Å². The zero-order chi connectivity index (χ0) is 14.8. The van der Waals surface area contributed by atoms with Gasteiger partial charge in [0.1, 0.15) is 5.52 Å². The second kappa shape index (κ2) is 5.87. The molecule has 0 aliphatic rings. The lowest BCUT2D eigenvalue weighted by Crippen LogP contribution is -2.04. The Hall–Kier alpha value is -1.86. The molecule has 0 bridgehead atoms. The number of fused-ring (bicyclic) bond motifs is 1. The molecule has 0 atom stereocenters. The van der Waals surface area contributed by atoms with Crippen LogP contribution in [0.5, 0.6) is 0 Å². The number of aliphatic carboxylic acids is 1. The molecule has 0 saturated carbocycles. The molecule has 21 heavy (non-hydrogen) atoms. The van der Waals surface area contributed by atoms with Crippen molar-refractivity contribution in [3.63, 3.8) is 0 Å². The molecule has 0 aliphatic carbocycles. The number of thioether (sulfide) groups is 1. The Labute approximate surface area is 129 Å². The molecule has 0 saturated heterocycles. The van der Waals surface area contributed by atoms with Crippen molar-refractivity contribution in [3.05, 3.63) is 40.3 Å². The highest BCUT2D eigenvalue weighted by atomic mass is 32.2. The normalized spacial score (nSPS) is 11.1. The Balaban J connectivity index is 2.02. The second-order valence-electron chi connectivity index (χ2n) is 4.61. The van der Waals surface area contributed by atoms with Crippen molar-refractivity contribution in [1.82, 2.24) is 14.5 Å². The fourth-order valence-electron chi connectivity index (χ4n) is 2.07. The summed E-state index contributed by atoms with van der Waals surface area (Å²) < 4.78 is 2.06. The van der Waals surface area contributed by atoms with Gasteiger partial charge >= 0.3 is 5.97 Å². The number of hydrogen-bond acceptors (Lipinski definition) is 5. The van der Waals surface area contributed by atoms with Gasteiger partial charge in [0.2, 0.25) is 0 Å². The van der Waals surface area contributed by atoms with Crippen LogP contribution >= 0.6 is 23.1 Å². The fourth-order valence-corrected chi connectivity index (χ4v) is 3.65. The zero-order valence-corrected chi connectivity index (χ0v) is 12.9. The summed E-state index contributed by atoms with van der Waals surface area (Å²) in [6.45, 7) is 2.77. The van der Waals surface area contributed by atoms with Gasteiger partial charge in [-0.2, -0.15) is 11.3 Å². The molecular weight excluding hydrogens is 306 g/mol. The van der Waals surface area contributed by atoms with Crippen LogP contribution in [-0.2, 0) is 11.3 Å². The molecule has 3 rings (SSSR count). The Morgan fingerprint density at radius 2 is 2.33 bits per heavy atom. The van der Waals surface area contributed by atoms with E-state index in [1.165, 1.54) is 22.9 Å². The van der Waals surface area contributed by atoms with Crippen molar-refractivity contribution in [2.45, 2.75) is 18.6 Å². The number of carbonyl (C=O) groups is 1.